The molecule has 2 fully saturated rings. The lowest BCUT2D eigenvalue weighted by atomic mass is 9.93. The first-order valence-electron chi connectivity index (χ1n) is 10.0. The third kappa shape index (κ3) is 5.79. The maximum Gasteiger partial charge on any atom is 0.411 e. The van der Waals surface area contributed by atoms with Crippen LogP contribution in [0.2, 0.25) is 0 Å². The Morgan fingerprint density at radius 2 is 1.08 bits per heavy atom. The van der Waals surface area contributed by atoms with Gasteiger partial charge in [-0.05, 0) is 39.5 Å². The minimum atomic E-state index is -0.306. The van der Waals surface area contributed by atoms with E-state index in [0.29, 0.717) is 13.2 Å². The molecule has 0 bridgehead atoms. The zero-order valence-electron chi connectivity index (χ0n) is 15.9. The van der Waals surface area contributed by atoms with Crippen molar-refractivity contribution in [3.05, 3.63) is 0 Å². The van der Waals surface area contributed by atoms with Crippen LogP contribution in [-0.2, 0) is 9.47 Å². The summed E-state index contributed by atoms with van der Waals surface area (Å²) in [6.07, 6.45) is 10.3. The number of carbonyl (C=O) groups excluding carboxylic acids is 2. The fraction of sp³-hybridized carbons (Fsp3) is 0.895. The predicted molar refractivity (Wildman–Crippen MR) is 96.3 cm³/mol. The van der Waals surface area contributed by atoms with Crippen LogP contribution in [-0.4, -0.2) is 54.0 Å². The van der Waals surface area contributed by atoms with Crippen molar-refractivity contribution in [3.8, 4) is 0 Å². The second-order valence-electron chi connectivity index (χ2n) is 7.06. The summed E-state index contributed by atoms with van der Waals surface area (Å²) in [6, 6.07) is 0.321. The van der Waals surface area contributed by atoms with Crippen LogP contribution >= 0.6 is 0 Å². The lowest BCUT2D eigenvalue weighted by Gasteiger charge is -2.40. The highest BCUT2D eigenvalue weighted by atomic mass is 16.6. The number of carbonyl (C=O) groups is 2. The van der Waals surface area contributed by atoms with Crippen molar-refractivity contribution in [1.82, 2.24) is 9.80 Å². The molecule has 0 radical (unpaired) electrons. The van der Waals surface area contributed by atoms with Crippen LogP contribution in [0.3, 0.4) is 0 Å². The molecule has 6 heteroatoms. The molecule has 6 nitrogen and oxygen atoms in total. The molecule has 0 unspecified atom stereocenters. The fourth-order valence-corrected chi connectivity index (χ4v) is 4.01. The van der Waals surface area contributed by atoms with Gasteiger partial charge in [-0.2, -0.15) is 0 Å². The van der Waals surface area contributed by atoms with Gasteiger partial charge in [0.05, 0.1) is 13.2 Å². The molecule has 2 rings (SSSR count). The van der Waals surface area contributed by atoms with E-state index in [1.807, 2.05) is 13.8 Å². The molecule has 144 valence electrons. The van der Waals surface area contributed by atoms with Gasteiger partial charge in [-0.3, -0.25) is 9.80 Å². The Kier molecular flexibility index (Phi) is 8.35. The van der Waals surface area contributed by atoms with Gasteiger partial charge in [0.2, 0.25) is 0 Å². The molecule has 0 saturated heterocycles. The van der Waals surface area contributed by atoms with E-state index < -0.39 is 0 Å². The van der Waals surface area contributed by atoms with Crippen LogP contribution < -0.4 is 0 Å². The topological polar surface area (TPSA) is 59.1 Å². The first kappa shape index (κ1) is 19.9. The van der Waals surface area contributed by atoms with E-state index in [1.54, 1.807) is 9.80 Å². The fourth-order valence-electron chi connectivity index (χ4n) is 4.01. The molecule has 0 N–H and O–H groups in total. The summed E-state index contributed by atoms with van der Waals surface area (Å²) >= 11 is 0. The van der Waals surface area contributed by atoms with E-state index >= 15 is 0 Å². The van der Waals surface area contributed by atoms with Crippen molar-refractivity contribution >= 4 is 12.2 Å². The average Bonchev–Trinajstić information content (AvgIpc) is 2.64. The first-order chi connectivity index (χ1) is 12.2. The lowest BCUT2D eigenvalue weighted by Crippen LogP contribution is -2.53. The predicted octanol–water partition coefficient (Wildman–Crippen LogP) is 4.53. The molecular weight excluding hydrogens is 320 g/mol. The third-order valence-electron chi connectivity index (χ3n) is 5.34. The van der Waals surface area contributed by atoms with E-state index in [-0.39, 0.29) is 30.9 Å². The number of ether oxygens (including phenoxy) is 2. The number of hydrogen-bond acceptors (Lipinski definition) is 4. The van der Waals surface area contributed by atoms with Gasteiger partial charge in [-0.15, -0.1) is 0 Å². The van der Waals surface area contributed by atoms with E-state index in [9.17, 15) is 9.59 Å². The summed E-state index contributed by atoms with van der Waals surface area (Å²) in [4.78, 5) is 28.7. The second-order valence-corrected chi connectivity index (χ2v) is 7.06. The Morgan fingerprint density at radius 3 is 1.40 bits per heavy atom. The molecule has 2 aliphatic carbocycles. The zero-order valence-corrected chi connectivity index (χ0v) is 15.9. The minimum absolute atomic E-state index is 0.160. The van der Waals surface area contributed by atoms with Crippen molar-refractivity contribution in [1.29, 1.82) is 0 Å². The Bertz CT molecular complexity index is 380. The van der Waals surface area contributed by atoms with Crippen molar-refractivity contribution in [2.24, 2.45) is 0 Å². The standard InChI is InChI=1S/C19H34N2O4/c1-3-24-18(22)20(16-11-7-5-8-12-16)15-21(19(23)25-4-2)17-13-9-6-10-14-17/h16-17H,3-15H2,1-2H3. The molecule has 0 atom stereocenters. The van der Waals surface area contributed by atoms with Crippen molar-refractivity contribution < 1.29 is 19.1 Å². The summed E-state index contributed by atoms with van der Waals surface area (Å²) in [7, 11) is 0. The maximum absolute atomic E-state index is 12.6. The Hall–Kier alpha value is -1.46. The molecule has 0 heterocycles. The van der Waals surface area contributed by atoms with Gasteiger partial charge >= 0.3 is 12.2 Å². The van der Waals surface area contributed by atoms with E-state index in [2.05, 4.69) is 0 Å². The normalized spacial score (nSPS) is 19.3. The summed E-state index contributed by atoms with van der Waals surface area (Å²) in [6.45, 7) is 4.63. The van der Waals surface area contributed by atoms with Crippen molar-refractivity contribution in [3.63, 3.8) is 0 Å². The average molecular weight is 354 g/mol. The van der Waals surface area contributed by atoms with E-state index in [1.165, 1.54) is 12.8 Å². The van der Waals surface area contributed by atoms with Gasteiger partial charge < -0.3 is 9.47 Å². The lowest BCUT2D eigenvalue weighted by molar-refractivity contribution is 0.0209. The van der Waals surface area contributed by atoms with E-state index in [0.717, 1.165) is 51.4 Å². The first-order valence-corrected chi connectivity index (χ1v) is 10.0. The van der Waals surface area contributed by atoms with Gasteiger partial charge in [-0.1, -0.05) is 38.5 Å². The van der Waals surface area contributed by atoms with Crippen molar-refractivity contribution in [2.45, 2.75) is 90.1 Å². The molecule has 25 heavy (non-hydrogen) atoms. The summed E-state index contributed by atoms with van der Waals surface area (Å²) in [5.74, 6) is 0. The van der Waals surface area contributed by atoms with Gasteiger partial charge in [0, 0.05) is 12.1 Å². The molecule has 2 aliphatic rings. The minimum Gasteiger partial charge on any atom is -0.450 e. The van der Waals surface area contributed by atoms with Crippen LogP contribution in [0.25, 0.3) is 0 Å². The summed E-state index contributed by atoms with van der Waals surface area (Å²) in [5.41, 5.74) is 0. The smallest absolute Gasteiger partial charge is 0.411 e. The quantitative estimate of drug-likeness (QED) is 0.658. The van der Waals surface area contributed by atoms with Crippen LogP contribution in [0.5, 0.6) is 0 Å². The van der Waals surface area contributed by atoms with Gasteiger partial charge in [0.15, 0.2) is 0 Å². The van der Waals surface area contributed by atoms with Gasteiger partial charge in [-0.25, -0.2) is 9.59 Å². The van der Waals surface area contributed by atoms with Crippen LogP contribution in [0.4, 0.5) is 9.59 Å². The SMILES string of the molecule is CCOC(=O)N(CN(C(=O)OCC)C1CCCCC1)C1CCCCC1. The molecule has 0 aliphatic heterocycles. The van der Waals surface area contributed by atoms with Gasteiger partial charge in [0.25, 0.3) is 0 Å². The summed E-state index contributed by atoms with van der Waals surface area (Å²) in [5, 5.41) is 0. The third-order valence-corrected chi connectivity index (χ3v) is 5.34. The molecule has 0 spiro atoms. The number of hydrogen-bond donors (Lipinski definition) is 0. The number of nitrogens with zero attached hydrogens (tertiary/aromatic N) is 2. The Labute approximate surface area is 151 Å². The Balaban J connectivity index is 2.13. The van der Waals surface area contributed by atoms with Crippen molar-refractivity contribution in [2.75, 3.05) is 19.9 Å². The highest BCUT2D eigenvalue weighted by Crippen LogP contribution is 2.27. The zero-order chi connectivity index (χ0) is 18.1. The van der Waals surface area contributed by atoms with Crippen LogP contribution in [0.1, 0.15) is 78.1 Å². The summed E-state index contributed by atoms with van der Waals surface area (Å²) < 4.78 is 10.6. The highest BCUT2D eigenvalue weighted by molar-refractivity contribution is 5.71. The maximum atomic E-state index is 12.6. The largest absolute Gasteiger partial charge is 0.450 e. The monoisotopic (exact) mass is 354 g/mol. The van der Waals surface area contributed by atoms with Gasteiger partial charge in [0.1, 0.15) is 6.67 Å². The molecule has 2 saturated carbocycles. The van der Waals surface area contributed by atoms with Crippen LogP contribution in [0.15, 0.2) is 0 Å². The molecule has 2 amide bonds. The molecular formula is C19H34N2O4. The number of amides is 2. The number of rotatable bonds is 6. The Morgan fingerprint density at radius 1 is 0.720 bits per heavy atom. The molecule has 0 aromatic heterocycles. The molecule has 0 aromatic rings. The second kappa shape index (κ2) is 10.5. The van der Waals surface area contributed by atoms with E-state index in [4.69, 9.17) is 9.47 Å². The van der Waals surface area contributed by atoms with Crippen LogP contribution in [0, 0.1) is 0 Å². The molecule has 0 aromatic carbocycles. The highest BCUT2D eigenvalue weighted by Gasteiger charge is 2.33.